The Morgan fingerprint density at radius 1 is 1.07 bits per heavy atom. The van der Waals surface area contributed by atoms with Gasteiger partial charge in [-0.2, -0.15) is 0 Å². The predicted octanol–water partition coefficient (Wildman–Crippen LogP) is 0.951. The SMILES string of the molecule is CN1CCCC(C(=O)N2CCC2)CC1. The zero-order valence-electron chi connectivity index (χ0n) is 9.04. The van der Waals surface area contributed by atoms with E-state index in [0.717, 1.165) is 39.0 Å². The predicted molar refractivity (Wildman–Crippen MR) is 56.0 cm³/mol. The molecule has 1 atom stereocenters. The Hall–Kier alpha value is -0.570. The third kappa shape index (κ3) is 2.08. The molecule has 2 rings (SSSR count). The van der Waals surface area contributed by atoms with E-state index in [1.54, 1.807) is 0 Å². The fourth-order valence-corrected chi connectivity index (χ4v) is 2.28. The van der Waals surface area contributed by atoms with E-state index in [1.807, 2.05) is 4.90 Å². The molecule has 3 nitrogen and oxygen atoms in total. The Kier molecular flexibility index (Phi) is 3.06. The minimum Gasteiger partial charge on any atom is -0.342 e. The number of carbonyl (C=O) groups is 1. The highest BCUT2D eigenvalue weighted by Gasteiger charge is 2.28. The number of amides is 1. The lowest BCUT2D eigenvalue weighted by Gasteiger charge is -2.33. The Bertz CT molecular complexity index is 213. The van der Waals surface area contributed by atoms with Crippen molar-refractivity contribution < 1.29 is 4.79 Å². The third-order valence-corrected chi connectivity index (χ3v) is 3.47. The van der Waals surface area contributed by atoms with Crippen LogP contribution in [0.5, 0.6) is 0 Å². The summed E-state index contributed by atoms with van der Waals surface area (Å²) in [6.45, 7) is 4.25. The summed E-state index contributed by atoms with van der Waals surface area (Å²) < 4.78 is 0. The van der Waals surface area contributed by atoms with Crippen molar-refractivity contribution in [2.75, 3.05) is 33.2 Å². The number of hydrogen-bond acceptors (Lipinski definition) is 2. The first kappa shape index (κ1) is 9.97. The average Bonchev–Trinajstić information content (AvgIpc) is 2.26. The quantitative estimate of drug-likeness (QED) is 0.623. The zero-order chi connectivity index (χ0) is 9.97. The maximum atomic E-state index is 11.9. The molecule has 3 heteroatoms. The zero-order valence-corrected chi connectivity index (χ0v) is 9.04. The number of hydrogen-bond donors (Lipinski definition) is 0. The Morgan fingerprint density at radius 3 is 2.50 bits per heavy atom. The molecule has 0 spiro atoms. The van der Waals surface area contributed by atoms with Crippen molar-refractivity contribution in [1.29, 1.82) is 0 Å². The molecule has 0 saturated carbocycles. The molecular formula is C11H20N2O. The van der Waals surface area contributed by atoms with Gasteiger partial charge in [0.15, 0.2) is 0 Å². The van der Waals surface area contributed by atoms with Crippen LogP contribution in [0.15, 0.2) is 0 Å². The van der Waals surface area contributed by atoms with Gasteiger partial charge in [0.1, 0.15) is 0 Å². The summed E-state index contributed by atoms with van der Waals surface area (Å²) in [7, 11) is 2.15. The first-order valence-corrected chi connectivity index (χ1v) is 5.75. The lowest BCUT2D eigenvalue weighted by molar-refractivity contribution is -0.139. The molecule has 0 radical (unpaired) electrons. The van der Waals surface area contributed by atoms with Gasteiger partial charge in [-0.15, -0.1) is 0 Å². The average molecular weight is 196 g/mol. The minimum atomic E-state index is 0.320. The molecule has 0 bridgehead atoms. The molecular weight excluding hydrogens is 176 g/mol. The van der Waals surface area contributed by atoms with Crippen LogP contribution in [0.25, 0.3) is 0 Å². The highest BCUT2D eigenvalue weighted by Crippen LogP contribution is 2.21. The number of nitrogens with zero attached hydrogens (tertiary/aromatic N) is 2. The van der Waals surface area contributed by atoms with Crippen molar-refractivity contribution in [1.82, 2.24) is 9.80 Å². The maximum absolute atomic E-state index is 11.9. The number of likely N-dealkylation sites (tertiary alicyclic amines) is 2. The van der Waals surface area contributed by atoms with E-state index in [1.165, 1.54) is 12.8 Å². The van der Waals surface area contributed by atoms with E-state index < -0.39 is 0 Å². The van der Waals surface area contributed by atoms with Gasteiger partial charge >= 0.3 is 0 Å². The second kappa shape index (κ2) is 4.30. The topological polar surface area (TPSA) is 23.6 Å². The second-order valence-electron chi connectivity index (χ2n) is 4.61. The van der Waals surface area contributed by atoms with E-state index in [0.29, 0.717) is 11.8 Å². The summed E-state index contributed by atoms with van der Waals surface area (Å²) in [5.74, 6) is 0.742. The standard InChI is InChI=1S/C11H20N2O/c1-12-6-2-4-10(5-9-12)11(14)13-7-3-8-13/h10H,2-9H2,1H3. The van der Waals surface area contributed by atoms with Crippen LogP contribution in [-0.2, 0) is 4.79 Å². The van der Waals surface area contributed by atoms with Crippen LogP contribution in [0.3, 0.4) is 0 Å². The minimum absolute atomic E-state index is 0.320. The van der Waals surface area contributed by atoms with Crippen molar-refractivity contribution in [2.45, 2.75) is 25.7 Å². The monoisotopic (exact) mass is 196 g/mol. The molecule has 0 aromatic heterocycles. The fraction of sp³-hybridized carbons (Fsp3) is 0.909. The van der Waals surface area contributed by atoms with Crippen LogP contribution in [0.4, 0.5) is 0 Å². The van der Waals surface area contributed by atoms with E-state index in [-0.39, 0.29) is 0 Å². The summed E-state index contributed by atoms with van der Waals surface area (Å²) in [5, 5.41) is 0. The van der Waals surface area contributed by atoms with Gasteiger partial charge in [-0.05, 0) is 45.8 Å². The van der Waals surface area contributed by atoms with Gasteiger partial charge in [0.25, 0.3) is 0 Å². The Labute approximate surface area is 86.1 Å². The molecule has 2 aliphatic rings. The molecule has 2 fully saturated rings. The summed E-state index contributed by atoms with van der Waals surface area (Å²) in [6, 6.07) is 0. The summed E-state index contributed by atoms with van der Waals surface area (Å²) in [4.78, 5) is 16.3. The second-order valence-corrected chi connectivity index (χ2v) is 4.61. The Morgan fingerprint density at radius 2 is 1.86 bits per heavy atom. The van der Waals surface area contributed by atoms with Crippen molar-refractivity contribution >= 4 is 5.91 Å². The first-order chi connectivity index (χ1) is 6.77. The van der Waals surface area contributed by atoms with Crippen LogP contribution < -0.4 is 0 Å². The maximum Gasteiger partial charge on any atom is 0.225 e. The highest BCUT2D eigenvalue weighted by atomic mass is 16.2. The van der Waals surface area contributed by atoms with Crippen molar-refractivity contribution in [3.8, 4) is 0 Å². The van der Waals surface area contributed by atoms with E-state index in [2.05, 4.69) is 11.9 Å². The molecule has 14 heavy (non-hydrogen) atoms. The number of carbonyl (C=O) groups excluding carboxylic acids is 1. The third-order valence-electron chi connectivity index (χ3n) is 3.47. The first-order valence-electron chi connectivity index (χ1n) is 5.75. The Balaban J connectivity index is 1.86. The molecule has 2 aliphatic heterocycles. The molecule has 0 aromatic rings. The highest BCUT2D eigenvalue weighted by molar-refractivity contribution is 5.79. The van der Waals surface area contributed by atoms with Gasteiger partial charge in [0.05, 0.1) is 0 Å². The summed E-state index contributed by atoms with van der Waals surface area (Å²) in [6.07, 6.45) is 4.55. The molecule has 1 amide bonds. The van der Waals surface area contributed by atoms with Crippen LogP contribution in [0.1, 0.15) is 25.7 Å². The number of rotatable bonds is 1. The van der Waals surface area contributed by atoms with Crippen LogP contribution in [0.2, 0.25) is 0 Å². The van der Waals surface area contributed by atoms with Gasteiger partial charge in [0.2, 0.25) is 5.91 Å². The molecule has 0 N–H and O–H groups in total. The largest absolute Gasteiger partial charge is 0.342 e. The van der Waals surface area contributed by atoms with Gasteiger partial charge in [-0.3, -0.25) is 4.79 Å². The molecule has 80 valence electrons. The lowest BCUT2D eigenvalue weighted by Crippen LogP contribution is -2.45. The van der Waals surface area contributed by atoms with Crippen LogP contribution in [-0.4, -0.2) is 48.9 Å². The van der Waals surface area contributed by atoms with Gasteiger partial charge < -0.3 is 9.80 Å². The van der Waals surface area contributed by atoms with Crippen LogP contribution >= 0.6 is 0 Å². The van der Waals surface area contributed by atoms with E-state index in [4.69, 9.17) is 0 Å². The molecule has 2 saturated heterocycles. The fourth-order valence-electron chi connectivity index (χ4n) is 2.28. The smallest absolute Gasteiger partial charge is 0.225 e. The van der Waals surface area contributed by atoms with Gasteiger partial charge in [-0.25, -0.2) is 0 Å². The van der Waals surface area contributed by atoms with Gasteiger partial charge in [0, 0.05) is 19.0 Å². The summed E-state index contributed by atoms with van der Waals surface area (Å²) in [5.41, 5.74) is 0. The summed E-state index contributed by atoms with van der Waals surface area (Å²) >= 11 is 0. The van der Waals surface area contributed by atoms with Gasteiger partial charge in [-0.1, -0.05) is 0 Å². The molecule has 0 aromatic carbocycles. The van der Waals surface area contributed by atoms with E-state index >= 15 is 0 Å². The van der Waals surface area contributed by atoms with Crippen molar-refractivity contribution in [3.63, 3.8) is 0 Å². The molecule has 0 aliphatic carbocycles. The van der Waals surface area contributed by atoms with Crippen molar-refractivity contribution in [2.24, 2.45) is 5.92 Å². The van der Waals surface area contributed by atoms with E-state index in [9.17, 15) is 4.79 Å². The molecule has 2 heterocycles. The molecule has 1 unspecified atom stereocenters. The lowest BCUT2D eigenvalue weighted by atomic mass is 9.97. The normalized spacial score (nSPS) is 29.5. The van der Waals surface area contributed by atoms with Crippen LogP contribution in [0, 0.1) is 5.92 Å². The van der Waals surface area contributed by atoms with Crippen molar-refractivity contribution in [3.05, 3.63) is 0 Å².